The molecule has 1 aromatic heterocycles. The Labute approximate surface area is 204 Å². The lowest BCUT2D eigenvalue weighted by Crippen LogP contribution is -2.41. The van der Waals surface area contributed by atoms with Gasteiger partial charge < -0.3 is 24.0 Å². The van der Waals surface area contributed by atoms with Crippen molar-refractivity contribution in [3.05, 3.63) is 59.0 Å². The summed E-state index contributed by atoms with van der Waals surface area (Å²) in [5, 5.41) is 15.1. The smallest absolute Gasteiger partial charge is 0.410 e. The molecule has 0 atom stereocenters. The quantitative estimate of drug-likeness (QED) is 0.469. The highest BCUT2D eigenvalue weighted by atomic mass is 19.1. The molecule has 0 bridgehead atoms. The van der Waals surface area contributed by atoms with E-state index in [9.17, 15) is 14.3 Å². The Balaban J connectivity index is 1.35. The van der Waals surface area contributed by atoms with Crippen LogP contribution in [0.2, 0.25) is 0 Å². The number of carbonyl (C=O) groups is 1. The van der Waals surface area contributed by atoms with Crippen LogP contribution >= 0.6 is 0 Å². The molecule has 7 nitrogen and oxygen atoms in total. The molecular weight excluding hydrogens is 451 g/mol. The highest BCUT2D eigenvalue weighted by Gasteiger charge is 2.27. The fourth-order valence-electron chi connectivity index (χ4n) is 4.37. The van der Waals surface area contributed by atoms with E-state index in [0.717, 1.165) is 42.3 Å². The van der Waals surface area contributed by atoms with Gasteiger partial charge in [0.15, 0.2) is 5.58 Å². The van der Waals surface area contributed by atoms with E-state index < -0.39 is 5.60 Å². The minimum absolute atomic E-state index is 0.242. The number of aliphatic hydroxyl groups is 1. The summed E-state index contributed by atoms with van der Waals surface area (Å²) in [5.74, 6) is 0.714. The van der Waals surface area contributed by atoms with Crippen LogP contribution < -0.4 is 4.74 Å². The van der Waals surface area contributed by atoms with Gasteiger partial charge in [-0.1, -0.05) is 17.3 Å². The second-order valence-electron chi connectivity index (χ2n) is 10.1. The van der Waals surface area contributed by atoms with Crippen molar-refractivity contribution in [2.75, 3.05) is 13.1 Å². The monoisotopic (exact) mass is 484 g/mol. The first-order valence-corrected chi connectivity index (χ1v) is 12.1. The van der Waals surface area contributed by atoms with E-state index in [1.807, 2.05) is 32.9 Å². The first-order valence-electron chi connectivity index (χ1n) is 12.1. The van der Waals surface area contributed by atoms with E-state index in [1.165, 1.54) is 12.1 Å². The van der Waals surface area contributed by atoms with Crippen LogP contribution in [0, 0.1) is 11.7 Å². The van der Waals surface area contributed by atoms with Crippen molar-refractivity contribution in [1.82, 2.24) is 10.1 Å². The number of piperidine rings is 1. The average molecular weight is 485 g/mol. The highest BCUT2D eigenvalue weighted by molar-refractivity contribution is 5.84. The van der Waals surface area contributed by atoms with Crippen molar-refractivity contribution >= 4 is 17.1 Å². The van der Waals surface area contributed by atoms with E-state index in [1.54, 1.807) is 17.0 Å². The minimum atomic E-state index is -0.485. The Bertz CT molecular complexity index is 1140. The second kappa shape index (κ2) is 10.6. The minimum Gasteiger partial charge on any atom is -0.488 e. The number of amides is 1. The van der Waals surface area contributed by atoms with Crippen molar-refractivity contribution < 1.29 is 28.3 Å². The van der Waals surface area contributed by atoms with Gasteiger partial charge in [-0.2, -0.15) is 0 Å². The number of ether oxygens (including phenoxy) is 2. The van der Waals surface area contributed by atoms with Gasteiger partial charge >= 0.3 is 6.09 Å². The number of likely N-dealkylation sites (tertiary alicyclic amines) is 1. The van der Waals surface area contributed by atoms with E-state index in [-0.39, 0.29) is 25.1 Å². The Morgan fingerprint density at radius 3 is 2.54 bits per heavy atom. The van der Waals surface area contributed by atoms with Crippen LogP contribution in [0.15, 0.2) is 40.9 Å². The molecule has 0 unspecified atom stereocenters. The van der Waals surface area contributed by atoms with Gasteiger partial charge in [-0.15, -0.1) is 0 Å². The third-order valence-corrected chi connectivity index (χ3v) is 6.30. The van der Waals surface area contributed by atoms with E-state index in [4.69, 9.17) is 14.0 Å². The van der Waals surface area contributed by atoms with Crippen molar-refractivity contribution in [2.45, 2.75) is 65.3 Å². The van der Waals surface area contributed by atoms with Gasteiger partial charge in [-0.3, -0.25) is 0 Å². The molecule has 3 aromatic rings. The molecule has 1 amide bonds. The van der Waals surface area contributed by atoms with Gasteiger partial charge in [0.1, 0.15) is 23.8 Å². The van der Waals surface area contributed by atoms with Crippen LogP contribution in [0.4, 0.5) is 9.18 Å². The number of rotatable bonds is 7. The largest absolute Gasteiger partial charge is 0.488 e. The maximum atomic E-state index is 13.1. The van der Waals surface area contributed by atoms with Crippen LogP contribution in [0.3, 0.4) is 0 Å². The molecule has 188 valence electrons. The molecule has 1 N–H and O–H groups in total. The van der Waals surface area contributed by atoms with Crippen LogP contribution in [0.5, 0.6) is 5.75 Å². The Kier molecular flexibility index (Phi) is 7.60. The second-order valence-corrected chi connectivity index (χ2v) is 10.1. The molecule has 2 heterocycles. The van der Waals surface area contributed by atoms with Crippen LogP contribution in [-0.4, -0.2) is 39.9 Å². The molecular formula is C27H33FN2O5. The summed E-state index contributed by atoms with van der Waals surface area (Å²) in [4.78, 5) is 14.1. The summed E-state index contributed by atoms with van der Waals surface area (Å²) in [5.41, 5.74) is 2.27. The number of nitrogens with zero attached hydrogens (tertiary/aromatic N) is 2. The maximum Gasteiger partial charge on any atom is 0.410 e. The molecule has 0 aliphatic carbocycles. The summed E-state index contributed by atoms with van der Waals surface area (Å²) in [6.07, 6.45) is 3.31. The number of benzene rings is 2. The molecule has 1 aliphatic heterocycles. The number of hydrogen-bond acceptors (Lipinski definition) is 6. The lowest BCUT2D eigenvalue weighted by Gasteiger charge is -2.33. The fraction of sp³-hybridized carbons (Fsp3) is 0.481. The van der Waals surface area contributed by atoms with Crippen LogP contribution in [0.1, 0.15) is 56.9 Å². The highest BCUT2D eigenvalue weighted by Crippen LogP contribution is 2.32. The zero-order valence-corrected chi connectivity index (χ0v) is 20.6. The Hall–Kier alpha value is -3.13. The van der Waals surface area contributed by atoms with Gasteiger partial charge in [0.25, 0.3) is 0 Å². The molecule has 8 heteroatoms. The first kappa shape index (κ1) is 25.0. The predicted molar refractivity (Wildman–Crippen MR) is 130 cm³/mol. The van der Waals surface area contributed by atoms with Gasteiger partial charge in [0, 0.05) is 18.5 Å². The average Bonchev–Trinajstić information content (AvgIpc) is 3.24. The SMILES string of the molecule is CC(C)(C)OC(=O)N1CCC(CCc2noc3c(CO)c(OCc4ccc(F)cc4)ccc23)CC1. The van der Waals surface area contributed by atoms with E-state index >= 15 is 0 Å². The maximum absolute atomic E-state index is 13.1. The number of halogens is 1. The molecule has 4 rings (SSSR count). The van der Waals surface area contributed by atoms with Gasteiger partial charge in [-0.05, 0) is 82.2 Å². The molecule has 1 saturated heterocycles. The third-order valence-electron chi connectivity index (χ3n) is 6.30. The standard InChI is InChI=1S/C27H33FN2O5/c1-27(2,3)34-26(32)30-14-12-18(13-15-30)6-10-23-21-9-11-24(22(16-31)25(21)35-29-23)33-17-19-4-7-20(28)8-5-19/h4-5,7-9,11,18,31H,6,10,12-17H2,1-3H3. The molecule has 2 aromatic carbocycles. The number of aliphatic hydroxyl groups excluding tert-OH is 1. The van der Waals surface area contributed by atoms with Gasteiger partial charge in [0.05, 0.1) is 17.9 Å². The topological polar surface area (TPSA) is 85.0 Å². The number of carbonyl (C=O) groups excluding carboxylic acids is 1. The Morgan fingerprint density at radius 1 is 1.17 bits per heavy atom. The number of hydrogen-bond donors (Lipinski definition) is 1. The predicted octanol–water partition coefficient (Wildman–Crippen LogP) is 5.62. The van der Waals surface area contributed by atoms with Gasteiger partial charge in [0.2, 0.25) is 0 Å². The summed E-state index contributed by atoms with van der Waals surface area (Å²) in [7, 11) is 0. The lowest BCUT2D eigenvalue weighted by molar-refractivity contribution is 0.0181. The van der Waals surface area contributed by atoms with Crippen LogP contribution in [0.25, 0.3) is 11.0 Å². The van der Waals surface area contributed by atoms with Crippen molar-refractivity contribution in [1.29, 1.82) is 0 Å². The zero-order valence-electron chi connectivity index (χ0n) is 20.6. The molecule has 0 spiro atoms. The van der Waals surface area contributed by atoms with Gasteiger partial charge in [-0.25, -0.2) is 9.18 Å². The fourth-order valence-corrected chi connectivity index (χ4v) is 4.37. The normalized spacial score (nSPS) is 14.9. The Morgan fingerprint density at radius 2 is 1.89 bits per heavy atom. The van der Waals surface area contributed by atoms with Crippen molar-refractivity contribution in [2.24, 2.45) is 5.92 Å². The van der Waals surface area contributed by atoms with E-state index in [0.29, 0.717) is 35.9 Å². The van der Waals surface area contributed by atoms with Crippen molar-refractivity contribution in [3.8, 4) is 5.75 Å². The lowest BCUT2D eigenvalue weighted by atomic mass is 9.91. The summed E-state index contributed by atoms with van der Waals surface area (Å²) >= 11 is 0. The molecule has 1 aliphatic rings. The summed E-state index contributed by atoms with van der Waals surface area (Å²) < 4.78 is 30.1. The number of fused-ring (bicyclic) bond motifs is 1. The molecule has 1 fully saturated rings. The number of aryl methyl sites for hydroxylation is 1. The molecule has 35 heavy (non-hydrogen) atoms. The van der Waals surface area contributed by atoms with Crippen LogP contribution in [-0.2, 0) is 24.4 Å². The van der Waals surface area contributed by atoms with Crippen molar-refractivity contribution in [3.63, 3.8) is 0 Å². The number of aromatic nitrogens is 1. The first-order chi connectivity index (χ1) is 16.7. The zero-order chi connectivity index (χ0) is 25.0. The molecule has 0 saturated carbocycles. The molecule has 0 radical (unpaired) electrons. The summed E-state index contributed by atoms with van der Waals surface area (Å²) in [6.45, 7) is 7.04. The van der Waals surface area contributed by atoms with E-state index in [2.05, 4.69) is 5.16 Å². The summed E-state index contributed by atoms with van der Waals surface area (Å²) in [6, 6.07) is 9.83. The third kappa shape index (κ3) is 6.31.